The third kappa shape index (κ3) is 3.53. The molecule has 7 heteroatoms. The Hall–Kier alpha value is -3.22. The average molecular weight is 362 g/mol. The molecule has 7 nitrogen and oxygen atoms in total. The maximum atomic E-state index is 13.3. The number of para-hydroxylation sites is 1. The molecule has 3 aromatic rings. The fourth-order valence-electron chi connectivity index (χ4n) is 3.58. The number of nitrogens with one attached hydrogen (secondary N) is 1. The maximum Gasteiger partial charge on any atom is 0.256 e. The Morgan fingerprint density at radius 3 is 2.63 bits per heavy atom. The van der Waals surface area contributed by atoms with Crippen LogP contribution in [-0.4, -0.2) is 49.4 Å². The van der Waals surface area contributed by atoms with Gasteiger partial charge < -0.3 is 10.2 Å². The fraction of sp³-hybridized carbons (Fsp3) is 0.300. The molecule has 0 unspecified atom stereocenters. The summed E-state index contributed by atoms with van der Waals surface area (Å²) in [6, 6.07) is 13.5. The molecule has 2 aromatic heterocycles. The van der Waals surface area contributed by atoms with E-state index >= 15 is 0 Å². The number of carbonyl (C=O) groups excluding carboxylic acids is 1. The molecule has 1 aliphatic rings. The van der Waals surface area contributed by atoms with E-state index in [4.69, 9.17) is 0 Å². The zero-order valence-corrected chi connectivity index (χ0v) is 15.2. The van der Waals surface area contributed by atoms with Crippen LogP contribution in [0.15, 0.2) is 61.1 Å². The van der Waals surface area contributed by atoms with Crippen LogP contribution in [-0.2, 0) is 0 Å². The zero-order valence-electron chi connectivity index (χ0n) is 15.2. The van der Waals surface area contributed by atoms with Crippen molar-refractivity contribution in [3.8, 4) is 5.69 Å². The Balaban J connectivity index is 1.57. The van der Waals surface area contributed by atoms with Gasteiger partial charge in [-0.15, -0.1) is 0 Å². The smallest absolute Gasteiger partial charge is 0.256 e. The van der Waals surface area contributed by atoms with Crippen LogP contribution in [0.25, 0.3) is 5.69 Å². The highest BCUT2D eigenvalue weighted by Crippen LogP contribution is 2.24. The van der Waals surface area contributed by atoms with E-state index in [1.54, 1.807) is 18.6 Å². The highest BCUT2D eigenvalue weighted by molar-refractivity contribution is 5.98. The van der Waals surface area contributed by atoms with Crippen LogP contribution in [0.4, 0.5) is 5.82 Å². The topological polar surface area (TPSA) is 75.9 Å². The number of pyridine rings is 1. The van der Waals surface area contributed by atoms with Crippen LogP contribution in [0.1, 0.15) is 30.1 Å². The van der Waals surface area contributed by atoms with Crippen molar-refractivity contribution in [2.75, 3.05) is 11.9 Å². The van der Waals surface area contributed by atoms with E-state index in [0.29, 0.717) is 11.3 Å². The van der Waals surface area contributed by atoms with Gasteiger partial charge in [-0.3, -0.25) is 4.79 Å². The summed E-state index contributed by atoms with van der Waals surface area (Å²) in [4.78, 5) is 21.1. The van der Waals surface area contributed by atoms with Gasteiger partial charge in [-0.1, -0.05) is 18.2 Å². The standard InChI is InChI=1S/C20H22N6O/c1-15-17(24-19-10-4-5-11-21-19)8-6-14-25(15)20(27)16-7-2-3-9-18(16)26-22-12-13-23-26/h2-5,7,9-13,15,17H,6,8,14H2,1H3,(H,21,24)/t15-,17+/m1/s1. The summed E-state index contributed by atoms with van der Waals surface area (Å²) < 4.78 is 0. The van der Waals surface area contributed by atoms with Crippen molar-refractivity contribution in [1.82, 2.24) is 24.9 Å². The van der Waals surface area contributed by atoms with Gasteiger partial charge in [-0.05, 0) is 44.0 Å². The second kappa shape index (κ2) is 7.57. The summed E-state index contributed by atoms with van der Waals surface area (Å²) in [7, 11) is 0. The first kappa shape index (κ1) is 17.2. The lowest BCUT2D eigenvalue weighted by molar-refractivity contribution is 0.0616. The SMILES string of the molecule is C[C@@H]1[C@@H](Nc2ccccn2)CCCN1C(=O)c1ccccc1-n1nccn1. The van der Waals surface area contributed by atoms with Crippen molar-refractivity contribution in [2.24, 2.45) is 0 Å². The molecule has 0 bridgehead atoms. The first-order valence-corrected chi connectivity index (χ1v) is 9.18. The molecule has 1 saturated heterocycles. The van der Waals surface area contributed by atoms with Crippen molar-refractivity contribution in [2.45, 2.75) is 31.8 Å². The molecule has 0 spiro atoms. The Morgan fingerprint density at radius 2 is 1.85 bits per heavy atom. The molecule has 1 fully saturated rings. The van der Waals surface area contributed by atoms with Crippen molar-refractivity contribution in [3.05, 3.63) is 66.6 Å². The number of piperidine rings is 1. The van der Waals surface area contributed by atoms with Crippen molar-refractivity contribution >= 4 is 11.7 Å². The van der Waals surface area contributed by atoms with E-state index in [9.17, 15) is 4.79 Å². The molecule has 2 atom stereocenters. The highest BCUT2D eigenvalue weighted by atomic mass is 16.2. The predicted molar refractivity (Wildman–Crippen MR) is 103 cm³/mol. The van der Waals surface area contributed by atoms with Crippen LogP contribution < -0.4 is 5.32 Å². The van der Waals surface area contributed by atoms with Crippen LogP contribution in [0.5, 0.6) is 0 Å². The van der Waals surface area contributed by atoms with E-state index in [0.717, 1.165) is 25.2 Å². The molecule has 1 aliphatic heterocycles. The molecule has 1 N–H and O–H groups in total. The Morgan fingerprint density at radius 1 is 1.07 bits per heavy atom. The molecule has 1 amide bonds. The fourth-order valence-corrected chi connectivity index (χ4v) is 3.58. The van der Waals surface area contributed by atoms with E-state index in [1.165, 1.54) is 4.80 Å². The summed E-state index contributed by atoms with van der Waals surface area (Å²) in [5.74, 6) is 0.840. The number of amides is 1. The maximum absolute atomic E-state index is 13.3. The number of rotatable bonds is 4. The second-order valence-electron chi connectivity index (χ2n) is 6.68. The minimum Gasteiger partial charge on any atom is -0.365 e. The number of aromatic nitrogens is 4. The molecular weight excluding hydrogens is 340 g/mol. The summed E-state index contributed by atoms with van der Waals surface area (Å²) >= 11 is 0. The van der Waals surface area contributed by atoms with Gasteiger partial charge in [0.15, 0.2) is 0 Å². The monoisotopic (exact) mass is 362 g/mol. The average Bonchev–Trinajstić information content (AvgIpc) is 3.25. The van der Waals surface area contributed by atoms with Gasteiger partial charge >= 0.3 is 0 Å². The predicted octanol–water partition coefficient (Wildman–Crippen LogP) is 2.77. The second-order valence-corrected chi connectivity index (χ2v) is 6.68. The first-order chi connectivity index (χ1) is 13.2. The molecule has 27 heavy (non-hydrogen) atoms. The van der Waals surface area contributed by atoms with Gasteiger partial charge in [0.25, 0.3) is 5.91 Å². The van der Waals surface area contributed by atoms with Crippen molar-refractivity contribution in [1.29, 1.82) is 0 Å². The minimum atomic E-state index is 0.00270. The Labute approximate surface area is 158 Å². The van der Waals surface area contributed by atoms with Crippen molar-refractivity contribution in [3.63, 3.8) is 0 Å². The van der Waals surface area contributed by atoms with E-state index in [2.05, 4.69) is 27.4 Å². The number of nitrogens with zero attached hydrogens (tertiary/aromatic N) is 5. The first-order valence-electron chi connectivity index (χ1n) is 9.18. The Kier molecular flexibility index (Phi) is 4.82. The summed E-state index contributed by atoms with van der Waals surface area (Å²) in [6.07, 6.45) is 6.94. The number of likely N-dealkylation sites (tertiary alicyclic amines) is 1. The number of hydrogen-bond acceptors (Lipinski definition) is 5. The number of carbonyl (C=O) groups is 1. The summed E-state index contributed by atoms with van der Waals surface area (Å²) in [5, 5.41) is 11.8. The van der Waals surface area contributed by atoms with Gasteiger partial charge in [0.1, 0.15) is 5.82 Å². The van der Waals surface area contributed by atoms with Crippen molar-refractivity contribution < 1.29 is 4.79 Å². The van der Waals surface area contributed by atoms with E-state index in [-0.39, 0.29) is 18.0 Å². The van der Waals surface area contributed by atoms with E-state index < -0.39 is 0 Å². The lowest BCUT2D eigenvalue weighted by Gasteiger charge is -2.40. The number of anilines is 1. The molecule has 3 heterocycles. The molecule has 4 rings (SSSR count). The van der Waals surface area contributed by atoms with Crippen LogP contribution in [0.3, 0.4) is 0 Å². The van der Waals surface area contributed by atoms with Gasteiger partial charge in [0.2, 0.25) is 0 Å². The van der Waals surface area contributed by atoms with Gasteiger partial charge in [0, 0.05) is 24.8 Å². The van der Waals surface area contributed by atoms with Gasteiger partial charge in [0.05, 0.1) is 23.6 Å². The normalized spacial score (nSPS) is 19.7. The molecule has 0 aliphatic carbocycles. The molecule has 138 valence electrons. The van der Waals surface area contributed by atoms with Crippen LogP contribution >= 0.6 is 0 Å². The third-order valence-corrected chi connectivity index (χ3v) is 5.02. The number of benzene rings is 1. The summed E-state index contributed by atoms with van der Waals surface area (Å²) in [5.41, 5.74) is 1.30. The van der Waals surface area contributed by atoms with Crippen LogP contribution in [0.2, 0.25) is 0 Å². The number of hydrogen-bond donors (Lipinski definition) is 1. The van der Waals surface area contributed by atoms with Gasteiger partial charge in [-0.2, -0.15) is 15.0 Å². The molecule has 0 radical (unpaired) electrons. The van der Waals surface area contributed by atoms with E-state index in [1.807, 2.05) is 47.4 Å². The largest absolute Gasteiger partial charge is 0.365 e. The molecule has 1 aromatic carbocycles. The Bertz CT molecular complexity index is 896. The lowest BCUT2D eigenvalue weighted by atomic mass is 9.96. The lowest BCUT2D eigenvalue weighted by Crippen LogP contribution is -2.52. The summed E-state index contributed by atoms with van der Waals surface area (Å²) in [6.45, 7) is 2.83. The zero-order chi connectivity index (χ0) is 18.6. The third-order valence-electron chi connectivity index (χ3n) is 5.02. The molecular formula is C20H22N6O. The van der Waals surface area contributed by atoms with Gasteiger partial charge in [-0.25, -0.2) is 4.98 Å². The quantitative estimate of drug-likeness (QED) is 0.772. The minimum absolute atomic E-state index is 0.00270. The van der Waals surface area contributed by atoms with Crippen LogP contribution in [0, 0.1) is 0 Å². The molecule has 0 saturated carbocycles. The highest BCUT2D eigenvalue weighted by Gasteiger charge is 2.32.